The monoisotopic (exact) mass is 516 g/mol. The van der Waals surface area contributed by atoms with Crippen LogP contribution in [0.5, 0.6) is 0 Å². The smallest absolute Gasteiger partial charge is 0.246 e. The Morgan fingerprint density at radius 3 is 2.47 bits per heavy atom. The van der Waals surface area contributed by atoms with Crippen LogP contribution in [0, 0.1) is 11.2 Å². The minimum atomic E-state index is -0.706. The lowest BCUT2D eigenvalue weighted by Gasteiger charge is -2.36. The van der Waals surface area contributed by atoms with Gasteiger partial charge in [0.05, 0.1) is 31.2 Å². The summed E-state index contributed by atoms with van der Waals surface area (Å²) in [5.41, 5.74) is 3.67. The fourth-order valence-electron chi connectivity index (χ4n) is 4.15. The summed E-state index contributed by atoms with van der Waals surface area (Å²) in [5, 5.41) is 2.91. The predicted molar refractivity (Wildman–Crippen MR) is 139 cm³/mol. The van der Waals surface area contributed by atoms with Gasteiger partial charge < -0.3 is 24.5 Å². The number of aromatic nitrogens is 3. The molecule has 0 aliphatic carbocycles. The van der Waals surface area contributed by atoms with E-state index in [-0.39, 0.29) is 18.3 Å². The average Bonchev–Trinajstić information content (AvgIpc) is 3.39. The first kappa shape index (κ1) is 25.7. The van der Waals surface area contributed by atoms with Crippen LogP contribution in [0.15, 0.2) is 79.1 Å². The summed E-state index contributed by atoms with van der Waals surface area (Å²) in [6.07, 6.45) is 2.69. The molecular formula is C29H29FN4O4. The molecule has 38 heavy (non-hydrogen) atoms. The first-order chi connectivity index (χ1) is 18.5. The summed E-state index contributed by atoms with van der Waals surface area (Å²) in [4.78, 5) is 24.4. The van der Waals surface area contributed by atoms with Crippen molar-refractivity contribution in [3.63, 3.8) is 0 Å². The Morgan fingerprint density at radius 2 is 1.76 bits per heavy atom. The zero-order chi connectivity index (χ0) is 26.4. The number of hydrogen-bond donors (Lipinski definition) is 2. The molecule has 1 amide bonds. The van der Waals surface area contributed by atoms with Crippen LogP contribution in [-0.4, -0.2) is 47.2 Å². The van der Waals surface area contributed by atoms with Crippen LogP contribution in [0.1, 0.15) is 24.6 Å². The molecule has 0 spiro atoms. The number of H-pyrrole nitrogens is 1. The van der Waals surface area contributed by atoms with Crippen LogP contribution < -0.4 is 5.32 Å². The van der Waals surface area contributed by atoms with Crippen molar-refractivity contribution < 1.29 is 23.4 Å². The van der Waals surface area contributed by atoms with Gasteiger partial charge in [0.25, 0.3) is 0 Å². The van der Waals surface area contributed by atoms with Gasteiger partial charge in [0.15, 0.2) is 5.82 Å². The molecule has 4 aromatic rings. The number of amides is 1. The third-order valence-corrected chi connectivity index (χ3v) is 6.26. The number of nitrogens with one attached hydrogen (secondary N) is 2. The number of hydrogen-bond acceptors (Lipinski definition) is 6. The molecule has 1 aliphatic heterocycles. The van der Waals surface area contributed by atoms with Gasteiger partial charge in [-0.2, -0.15) is 0 Å². The molecule has 8 nitrogen and oxygen atoms in total. The van der Waals surface area contributed by atoms with E-state index in [0.717, 1.165) is 22.4 Å². The molecule has 0 bridgehead atoms. The molecule has 2 aromatic heterocycles. The normalized spacial score (nSPS) is 19.3. The lowest BCUT2D eigenvalue weighted by Crippen LogP contribution is -2.46. The van der Waals surface area contributed by atoms with Gasteiger partial charge in [-0.05, 0) is 42.0 Å². The van der Waals surface area contributed by atoms with Gasteiger partial charge >= 0.3 is 0 Å². The topological polar surface area (TPSA) is 98.4 Å². The Bertz CT molecular complexity index is 1340. The second-order valence-corrected chi connectivity index (χ2v) is 9.61. The van der Waals surface area contributed by atoms with E-state index in [4.69, 9.17) is 19.2 Å². The Labute approximate surface area is 220 Å². The van der Waals surface area contributed by atoms with E-state index in [0.29, 0.717) is 37.9 Å². The molecule has 2 aromatic carbocycles. The van der Waals surface area contributed by atoms with Gasteiger partial charge in [0, 0.05) is 35.5 Å². The molecule has 1 saturated heterocycles. The molecule has 196 valence electrons. The number of imidazole rings is 1. The van der Waals surface area contributed by atoms with Crippen molar-refractivity contribution in [2.24, 2.45) is 5.41 Å². The molecule has 9 heteroatoms. The van der Waals surface area contributed by atoms with Crippen molar-refractivity contribution >= 4 is 5.91 Å². The maximum Gasteiger partial charge on any atom is 0.246 e. The SMILES string of the molecule is CC1(CNC(=O)COCc2ccccc2)COC(c2nc(-c3ccc(F)cc3)c(-c3ccncc3)[nH]2)OC1. The van der Waals surface area contributed by atoms with Crippen molar-refractivity contribution in [2.45, 2.75) is 19.8 Å². The zero-order valence-corrected chi connectivity index (χ0v) is 21.0. The highest BCUT2D eigenvalue weighted by Gasteiger charge is 2.35. The summed E-state index contributed by atoms with van der Waals surface area (Å²) < 4.78 is 31.1. The largest absolute Gasteiger partial charge is 0.367 e. The van der Waals surface area contributed by atoms with Gasteiger partial charge in [-0.1, -0.05) is 37.3 Å². The molecule has 0 atom stereocenters. The van der Waals surface area contributed by atoms with Crippen LogP contribution in [0.25, 0.3) is 22.5 Å². The van der Waals surface area contributed by atoms with Crippen LogP contribution >= 0.6 is 0 Å². The fraction of sp³-hybridized carbons (Fsp3) is 0.276. The molecule has 1 fully saturated rings. The van der Waals surface area contributed by atoms with Crippen LogP contribution in [0.3, 0.4) is 0 Å². The van der Waals surface area contributed by atoms with Crippen molar-refractivity contribution in [3.8, 4) is 22.5 Å². The van der Waals surface area contributed by atoms with E-state index < -0.39 is 11.7 Å². The summed E-state index contributed by atoms with van der Waals surface area (Å²) >= 11 is 0. The first-order valence-corrected chi connectivity index (χ1v) is 12.4. The van der Waals surface area contributed by atoms with Crippen molar-refractivity contribution in [3.05, 3.63) is 96.3 Å². The van der Waals surface area contributed by atoms with Gasteiger partial charge in [-0.25, -0.2) is 9.37 Å². The van der Waals surface area contributed by atoms with E-state index in [1.54, 1.807) is 24.5 Å². The number of benzene rings is 2. The van der Waals surface area contributed by atoms with Gasteiger partial charge in [0.2, 0.25) is 12.2 Å². The van der Waals surface area contributed by atoms with E-state index in [9.17, 15) is 9.18 Å². The number of pyridine rings is 1. The van der Waals surface area contributed by atoms with Gasteiger partial charge in [0.1, 0.15) is 12.4 Å². The summed E-state index contributed by atoms with van der Waals surface area (Å²) in [5.74, 6) is 0.000771. The number of carbonyl (C=O) groups is 1. The molecular weight excluding hydrogens is 487 g/mol. The van der Waals surface area contributed by atoms with E-state index in [1.807, 2.05) is 49.4 Å². The number of aromatic amines is 1. The quantitative estimate of drug-likeness (QED) is 0.336. The Kier molecular flexibility index (Phi) is 7.88. The maximum atomic E-state index is 13.5. The summed E-state index contributed by atoms with van der Waals surface area (Å²) in [7, 11) is 0. The van der Waals surface area contributed by atoms with Crippen LogP contribution in [0.4, 0.5) is 4.39 Å². The zero-order valence-electron chi connectivity index (χ0n) is 21.0. The van der Waals surface area contributed by atoms with Crippen molar-refractivity contribution in [2.75, 3.05) is 26.4 Å². The number of halogens is 1. The Morgan fingerprint density at radius 1 is 1.05 bits per heavy atom. The van der Waals surface area contributed by atoms with E-state index in [2.05, 4.69) is 15.3 Å². The van der Waals surface area contributed by atoms with Gasteiger partial charge in [-0.3, -0.25) is 9.78 Å². The van der Waals surface area contributed by atoms with Gasteiger partial charge in [-0.15, -0.1) is 0 Å². The van der Waals surface area contributed by atoms with Crippen LogP contribution in [-0.2, 0) is 25.6 Å². The molecule has 0 unspecified atom stereocenters. The predicted octanol–water partition coefficient (Wildman–Crippen LogP) is 4.66. The van der Waals surface area contributed by atoms with Crippen molar-refractivity contribution in [1.29, 1.82) is 0 Å². The highest BCUT2D eigenvalue weighted by atomic mass is 19.1. The van der Waals surface area contributed by atoms with Crippen LogP contribution in [0.2, 0.25) is 0 Å². The fourth-order valence-corrected chi connectivity index (χ4v) is 4.15. The molecule has 0 saturated carbocycles. The third-order valence-electron chi connectivity index (χ3n) is 6.26. The standard InChI is InChI=1S/C29H29FN4O4/c1-29(17-32-24(35)16-36-15-20-5-3-2-4-6-20)18-37-28(38-19-29)27-33-25(21-7-9-23(30)10-8-21)26(34-27)22-11-13-31-14-12-22/h2-14,28H,15-19H2,1H3,(H,32,35)(H,33,34). The number of rotatable bonds is 9. The second kappa shape index (κ2) is 11.6. The molecule has 1 aliphatic rings. The lowest BCUT2D eigenvalue weighted by molar-refractivity contribution is -0.232. The summed E-state index contributed by atoms with van der Waals surface area (Å²) in [6, 6.07) is 19.6. The minimum absolute atomic E-state index is 0.0222. The minimum Gasteiger partial charge on any atom is -0.367 e. The maximum absolute atomic E-state index is 13.5. The van der Waals surface area contributed by atoms with Crippen molar-refractivity contribution in [1.82, 2.24) is 20.3 Å². The Balaban J connectivity index is 1.19. The molecule has 5 rings (SSSR count). The number of nitrogens with zero attached hydrogens (tertiary/aromatic N) is 2. The Hall–Kier alpha value is -3.92. The molecule has 0 radical (unpaired) electrons. The number of carbonyl (C=O) groups excluding carboxylic acids is 1. The highest BCUT2D eigenvalue weighted by Crippen LogP contribution is 2.35. The van der Waals surface area contributed by atoms with E-state index >= 15 is 0 Å². The highest BCUT2D eigenvalue weighted by molar-refractivity contribution is 5.78. The molecule has 2 N–H and O–H groups in total. The number of ether oxygens (including phenoxy) is 3. The lowest BCUT2D eigenvalue weighted by atomic mass is 9.92. The second-order valence-electron chi connectivity index (χ2n) is 9.61. The van der Waals surface area contributed by atoms with E-state index in [1.165, 1.54) is 12.1 Å². The third kappa shape index (κ3) is 6.31. The average molecular weight is 517 g/mol. The first-order valence-electron chi connectivity index (χ1n) is 12.4. The molecule has 3 heterocycles. The summed E-state index contributed by atoms with van der Waals surface area (Å²) in [6.45, 7) is 3.45.